The molecule has 0 fully saturated rings. The van der Waals surface area contributed by atoms with Gasteiger partial charge >= 0.3 is 0 Å². The Bertz CT molecular complexity index is 1190. The van der Waals surface area contributed by atoms with E-state index < -0.39 is 0 Å². The van der Waals surface area contributed by atoms with Crippen LogP contribution in [-0.4, -0.2) is 26.9 Å². The molecule has 0 saturated carbocycles. The fraction of sp³-hybridized carbons (Fsp3) is 0.444. The number of rotatable bonds is 9. The molecule has 0 bridgehead atoms. The Balaban J connectivity index is 2.29. The number of amides is 1. The molecule has 5 nitrogen and oxygen atoms in total. The number of carbonyl (C=O) groups excluding carboxylic acids is 1. The first-order chi connectivity index (χ1) is 15.8. The third kappa shape index (κ3) is 5.30. The van der Waals surface area contributed by atoms with Crippen LogP contribution in [0.15, 0.2) is 47.3 Å². The van der Waals surface area contributed by atoms with Crippen LogP contribution in [0.1, 0.15) is 70.8 Å². The first kappa shape index (κ1) is 25.0. The molecule has 0 spiro atoms. The quantitative estimate of drug-likeness (QED) is 0.339. The van der Waals surface area contributed by atoms with E-state index in [-0.39, 0.29) is 23.4 Å². The molecule has 0 aliphatic heterocycles. The van der Waals surface area contributed by atoms with Gasteiger partial charge in [-0.3, -0.25) is 14.2 Å². The molecular formula is C27H34ClN3O2. The minimum Gasteiger partial charge on any atom is -0.332 e. The molecule has 176 valence electrons. The van der Waals surface area contributed by atoms with Crippen LogP contribution in [0.2, 0.25) is 5.02 Å². The maximum atomic E-state index is 13.8. The summed E-state index contributed by atoms with van der Waals surface area (Å²) in [5.41, 5.74) is 2.13. The lowest BCUT2D eigenvalue weighted by Gasteiger charge is -2.34. The summed E-state index contributed by atoms with van der Waals surface area (Å²) in [5, 5.41) is 1.17. The van der Waals surface area contributed by atoms with Crippen molar-refractivity contribution in [2.24, 2.45) is 5.92 Å². The van der Waals surface area contributed by atoms with E-state index in [1.165, 1.54) is 0 Å². The zero-order valence-electron chi connectivity index (χ0n) is 20.3. The lowest BCUT2D eigenvalue weighted by atomic mass is 10.1. The zero-order valence-corrected chi connectivity index (χ0v) is 21.0. The highest BCUT2D eigenvalue weighted by Gasteiger charge is 2.30. The van der Waals surface area contributed by atoms with Crippen LogP contribution in [0.4, 0.5) is 0 Å². The smallest absolute Gasteiger partial charge is 0.266 e. The topological polar surface area (TPSA) is 55.2 Å². The third-order valence-corrected chi connectivity index (χ3v) is 6.28. The number of nitrogens with zero attached hydrogens (tertiary/aromatic N) is 3. The number of hydrogen-bond acceptors (Lipinski definition) is 3. The van der Waals surface area contributed by atoms with Gasteiger partial charge in [-0.15, -0.1) is 0 Å². The van der Waals surface area contributed by atoms with Crippen molar-refractivity contribution >= 4 is 28.4 Å². The van der Waals surface area contributed by atoms with Gasteiger partial charge in [-0.2, -0.15) is 0 Å². The average molecular weight is 468 g/mol. The number of aromatic nitrogens is 2. The van der Waals surface area contributed by atoms with Gasteiger partial charge in [-0.05, 0) is 55.7 Å². The van der Waals surface area contributed by atoms with Crippen LogP contribution in [0.5, 0.6) is 0 Å². The lowest BCUT2D eigenvalue weighted by molar-refractivity contribution is -0.137. The Morgan fingerprint density at radius 3 is 2.48 bits per heavy atom. The van der Waals surface area contributed by atoms with Crippen molar-refractivity contribution < 1.29 is 4.79 Å². The Morgan fingerprint density at radius 1 is 1.12 bits per heavy atom. The van der Waals surface area contributed by atoms with Crippen LogP contribution < -0.4 is 5.56 Å². The number of carbonyl (C=O) groups is 1. The second-order valence-electron chi connectivity index (χ2n) is 8.88. The molecular weight excluding hydrogens is 434 g/mol. The summed E-state index contributed by atoms with van der Waals surface area (Å²) in [6.07, 6.45) is 3.70. The monoisotopic (exact) mass is 467 g/mol. The summed E-state index contributed by atoms with van der Waals surface area (Å²) >= 11 is 6.21. The van der Waals surface area contributed by atoms with Crippen molar-refractivity contribution in [1.82, 2.24) is 14.5 Å². The minimum atomic E-state index is -0.316. The summed E-state index contributed by atoms with van der Waals surface area (Å²) in [7, 11) is 0. The average Bonchev–Trinajstić information content (AvgIpc) is 2.79. The molecule has 2 aromatic carbocycles. The zero-order chi connectivity index (χ0) is 24.1. The van der Waals surface area contributed by atoms with Gasteiger partial charge in [0.2, 0.25) is 5.91 Å². The van der Waals surface area contributed by atoms with Crippen molar-refractivity contribution in [3.8, 4) is 5.69 Å². The van der Waals surface area contributed by atoms with Crippen LogP contribution in [0.3, 0.4) is 0 Å². The second-order valence-corrected chi connectivity index (χ2v) is 9.31. The third-order valence-electron chi connectivity index (χ3n) is 6.04. The standard InChI is InChI=1S/C27H34ClN3O2/c1-6-8-11-16-30(26(32)18(3)4)23(7-2)25-29-22-13-10-9-12-21(22)27(33)31(25)24-15-14-20(28)17-19(24)5/h9-10,12-15,17-18,23H,6-8,11,16H2,1-5H3. The van der Waals surface area contributed by atoms with E-state index in [0.29, 0.717) is 34.7 Å². The largest absolute Gasteiger partial charge is 0.332 e. The number of aryl methyl sites for hydroxylation is 1. The Hall–Kier alpha value is -2.66. The molecule has 0 aliphatic rings. The van der Waals surface area contributed by atoms with E-state index in [9.17, 15) is 9.59 Å². The molecule has 1 heterocycles. The van der Waals surface area contributed by atoms with Crippen molar-refractivity contribution in [2.45, 2.75) is 66.3 Å². The molecule has 1 atom stereocenters. The molecule has 0 radical (unpaired) electrons. The summed E-state index contributed by atoms with van der Waals surface area (Å²) in [6, 6.07) is 12.6. The molecule has 1 unspecified atom stereocenters. The summed E-state index contributed by atoms with van der Waals surface area (Å²) in [6.45, 7) is 10.6. The van der Waals surface area contributed by atoms with Crippen molar-refractivity contribution in [2.75, 3.05) is 6.54 Å². The van der Waals surface area contributed by atoms with Gasteiger partial charge in [0, 0.05) is 17.5 Å². The molecule has 0 aliphatic carbocycles. The Kier molecular flexibility index (Phi) is 8.30. The Labute approximate surface area is 201 Å². The van der Waals surface area contributed by atoms with Gasteiger partial charge in [0.15, 0.2) is 0 Å². The first-order valence-electron chi connectivity index (χ1n) is 11.9. The van der Waals surface area contributed by atoms with Crippen LogP contribution >= 0.6 is 11.6 Å². The SMILES string of the molecule is CCCCCN(C(=O)C(C)C)C(CC)c1nc2ccccc2c(=O)n1-c1ccc(Cl)cc1C. The highest BCUT2D eigenvalue weighted by atomic mass is 35.5. The predicted molar refractivity (Wildman–Crippen MR) is 136 cm³/mol. The summed E-state index contributed by atoms with van der Waals surface area (Å²) < 4.78 is 1.68. The highest BCUT2D eigenvalue weighted by molar-refractivity contribution is 6.30. The highest BCUT2D eigenvalue weighted by Crippen LogP contribution is 2.29. The van der Waals surface area contributed by atoms with Gasteiger partial charge in [0.05, 0.1) is 22.6 Å². The number of benzene rings is 2. The lowest BCUT2D eigenvalue weighted by Crippen LogP contribution is -2.41. The second kappa shape index (κ2) is 11.0. The molecule has 0 saturated heterocycles. The first-order valence-corrected chi connectivity index (χ1v) is 12.3. The minimum absolute atomic E-state index is 0.0831. The maximum absolute atomic E-state index is 13.8. The van der Waals surface area contributed by atoms with Gasteiger partial charge in [-0.25, -0.2) is 4.98 Å². The Morgan fingerprint density at radius 2 is 1.85 bits per heavy atom. The number of unbranched alkanes of at least 4 members (excludes halogenated alkanes) is 2. The van der Waals surface area contributed by atoms with E-state index in [0.717, 1.165) is 30.5 Å². The van der Waals surface area contributed by atoms with Crippen LogP contribution in [0.25, 0.3) is 16.6 Å². The van der Waals surface area contributed by atoms with Crippen LogP contribution in [-0.2, 0) is 4.79 Å². The van der Waals surface area contributed by atoms with E-state index in [4.69, 9.17) is 16.6 Å². The fourth-order valence-corrected chi connectivity index (χ4v) is 4.53. The number of fused-ring (bicyclic) bond motifs is 1. The van der Waals surface area contributed by atoms with E-state index in [2.05, 4.69) is 6.92 Å². The van der Waals surface area contributed by atoms with Crippen molar-refractivity contribution in [1.29, 1.82) is 0 Å². The molecule has 3 rings (SSSR count). The van der Waals surface area contributed by atoms with Gasteiger partial charge in [0.1, 0.15) is 5.82 Å². The molecule has 6 heteroatoms. The number of para-hydroxylation sites is 1. The number of halogens is 1. The van der Waals surface area contributed by atoms with Crippen molar-refractivity contribution in [3.63, 3.8) is 0 Å². The van der Waals surface area contributed by atoms with Crippen molar-refractivity contribution in [3.05, 3.63) is 69.2 Å². The van der Waals surface area contributed by atoms with Gasteiger partial charge < -0.3 is 4.90 Å². The fourth-order valence-electron chi connectivity index (χ4n) is 4.30. The maximum Gasteiger partial charge on any atom is 0.266 e. The number of hydrogen-bond donors (Lipinski definition) is 0. The van der Waals surface area contributed by atoms with Gasteiger partial charge in [0.25, 0.3) is 5.56 Å². The van der Waals surface area contributed by atoms with Crippen LogP contribution in [0, 0.1) is 12.8 Å². The molecule has 3 aromatic rings. The van der Waals surface area contributed by atoms with E-state index >= 15 is 0 Å². The van der Waals surface area contributed by atoms with Gasteiger partial charge in [-0.1, -0.05) is 64.3 Å². The predicted octanol–water partition coefficient (Wildman–Crippen LogP) is 6.47. The summed E-state index contributed by atoms with van der Waals surface area (Å²) in [4.78, 5) is 34.0. The van der Waals surface area contributed by atoms with E-state index in [1.807, 2.05) is 62.9 Å². The molecule has 1 aromatic heterocycles. The molecule has 0 N–H and O–H groups in total. The normalized spacial score (nSPS) is 12.3. The molecule has 1 amide bonds. The summed E-state index contributed by atoms with van der Waals surface area (Å²) in [5.74, 6) is 0.537. The van der Waals surface area contributed by atoms with E-state index in [1.54, 1.807) is 16.7 Å². The molecule has 33 heavy (non-hydrogen) atoms.